The van der Waals surface area contributed by atoms with Gasteiger partial charge in [0.2, 0.25) is 0 Å². The lowest BCUT2D eigenvalue weighted by atomic mass is 10.1. The summed E-state index contributed by atoms with van der Waals surface area (Å²) in [6, 6.07) is 9.68. The Morgan fingerprint density at radius 3 is 2.68 bits per heavy atom. The molecule has 2 N–H and O–H groups in total. The molecule has 0 radical (unpaired) electrons. The number of aliphatic hydroxyl groups is 1. The van der Waals surface area contributed by atoms with Crippen molar-refractivity contribution in [3.8, 4) is 0 Å². The smallest absolute Gasteiger partial charge is 0.257 e. The normalized spacial score (nSPS) is 17.3. The minimum atomic E-state index is -0.214. The number of hydrogen-bond acceptors (Lipinski definition) is 4. The fourth-order valence-corrected chi connectivity index (χ4v) is 2.09. The van der Waals surface area contributed by atoms with E-state index in [1.165, 1.54) is 0 Å². The maximum absolute atomic E-state index is 11.6. The highest BCUT2D eigenvalue weighted by Gasteiger charge is 2.18. The first-order valence-electron chi connectivity index (χ1n) is 6.59. The van der Waals surface area contributed by atoms with Crippen LogP contribution in [0.1, 0.15) is 18.4 Å². The summed E-state index contributed by atoms with van der Waals surface area (Å²) in [6.07, 6.45) is 1.25. The molecule has 0 atom stereocenters. The standard InChI is InChI=1S/C14H20N2O3/c17-13-6-8-16(9-7-13)10-14(18)15-19-11-12-4-2-1-3-5-12/h1-5,13,17H,6-11H2,(H,15,18). The third kappa shape index (κ3) is 4.98. The molecular formula is C14H20N2O3. The summed E-state index contributed by atoms with van der Waals surface area (Å²) in [4.78, 5) is 18.8. The van der Waals surface area contributed by atoms with Crippen molar-refractivity contribution in [3.63, 3.8) is 0 Å². The van der Waals surface area contributed by atoms with E-state index in [9.17, 15) is 9.90 Å². The maximum Gasteiger partial charge on any atom is 0.257 e. The summed E-state index contributed by atoms with van der Waals surface area (Å²) in [5.74, 6) is -0.146. The lowest BCUT2D eigenvalue weighted by Crippen LogP contribution is -2.42. The molecule has 1 fully saturated rings. The van der Waals surface area contributed by atoms with Gasteiger partial charge in [-0.25, -0.2) is 5.48 Å². The topological polar surface area (TPSA) is 61.8 Å². The van der Waals surface area contributed by atoms with Crippen LogP contribution in [0.4, 0.5) is 0 Å². The van der Waals surface area contributed by atoms with Crippen LogP contribution in [0.3, 0.4) is 0 Å². The number of hydroxylamine groups is 1. The van der Waals surface area contributed by atoms with Crippen LogP contribution in [0.2, 0.25) is 0 Å². The van der Waals surface area contributed by atoms with Gasteiger partial charge in [-0.1, -0.05) is 30.3 Å². The molecule has 0 saturated carbocycles. The van der Waals surface area contributed by atoms with E-state index in [0.29, 0.717) is 13.2 Å². The Bertz CT molecular complexity index is 389. The van der Waals surface area contributed by atoms with Crippen molar-refractivity contribution in [2.24, 2.45) is 0 Å². The van der Waals surface area contributed by atoms with E-state index >= 15 is 0 Å². The van der Waals surface area contributed by atoms with Crippen LogP contribution in [-0.2, 0) is 16.2 Å². The van der Waals surface area contributed by atoms with Gasteiger partial charge in [0, 0.05) is 13.1 Å². The lowest BCUT2D eigenvalue weighted by molar-refractivity contribution is -0.136. The van der Waals surface area contributed by atoms with Crippen molar-refractivity contribution in [1.82, 2.24) is 10.4 Å². The number of benzene rings is 1. The first-order valence-corrected chi connectivity index (χ1v) is 6.59. The molecule has 1 amide bonds. The van der Waals surface area contributed by atoms with E-state index in [0.717, 1.165) is 31.5 Å². The van der Waals surface area contributed by atoms with E-state index in [2.05, 4.69) is 5.48 Å². The molecule has 19 heavy (non-hydrogen) atoms. The van der Waals surface area contributed by atoms with E-state index < -0.39 is 0 Å². The van der Waals surface area contributed by atoms with Gasteiger partial charge in [0.05, 0.1) is 19.3 Å². The SMILES string of the molecule is O=C(CN1CCC(O)CC1)NOCc1ccccc1. The van der Waals surface area contributed by atoms with Crippen LogP contribution in [0.5, 0.6) is 0 Å². The van der Waals surface area contributed by atoms with Gasteiger partial charge in [0.15, 0.2) is 0 Å². The van der Waals surface area contributed by atoms with Crippen LogP contribution < -0.4 is 5.48 Å². The van der Waals surface area contributed by atoms with Crippen LogP contribution in [-0.4, -0.2) is 41.7 Å². The number of nitrogens with zero attached hydrogens (tertiary/aromatic N) is 1. The lowest BCUT2D eigenvalue weighted by Gasteiger charge is -2.28. The summed E-state index contributed by atoms with van der Waals surface area (Å²) < 4.78 is 0. The Hall–Kier alpha value is -1.43. The second-order valence-electron chi connectivity index (χ2n) is 4.81. The number of carbonyl (C=O) groups is 1. The molecule has 0 bridgehead atoms. The molecule has 0 unspecified atom stereocenters. The Balaban J connectivity index is 1.62. The van der Waals surface area contributed by atoms with Crippen LogP contribution in [0.25, 0.3) is 0 Å². The van der Waals surface area contributed by atoms with Crippen molar-refractivity contribution in [2.45, 2.75) is 25.6 Å². The van der Waals surface area contributed by atoms with Gasteiger partial charge in [-0.15, -0.1) is 0 Å². The molecule has 0 spiro atoms. The van der Waals surface area contributed by atoms with Gasteiger partial charge >= 0.3 is 0 Å². The number of piperidine rings is 1. The van der Waals surface area contributed by atoms with Crippen molar-refractivity contribution in [2.75, 3.05) is 19.6 Å². The van der Waals surface area contributed by atoms with Crippen LogP contribution in [0.15, 0.2) is 30.3 Å². The first kappa shape index (κ1) is 14.0. The van der Waals surface area contributed by atoms with E-state index in [-0.39, 0.29) is 12.0 Å². The minimum absolute atomic E-state index is 0.146. The monoisotopic (exact) mass is 264 g/mol. The number of aliphatic hydroxyl groups excluding tert-OH is 1. The zero-order valence-corrected chi connectivity index (χ0v) is 10.9. The summed E-state index contributed by atoms with van der Waals surface area (Å²) in [5, 5.41) is 9.38. The Labute approximate surface area is 113 Å². The third-order valence-electron chi connectivity index (χ3n) is 3.19. The molecular weight excluding hydrogens is 244 g/mol. The summed E-state index contributed by atoms with van der Waals surface area (Å²) >= 11 is 0. The van der Waals surface area contributed by atoms with Crippen molar-refractivity contribution in [1.29, 1.82) is 0 Å². The number of nitrogens with one attached hydrogen (secondary N) is 1. The number of hydrogen-bond donors (Lipinski definition) is 2. The van der Waals surface area contributed by atoms with Gasteiger partial charge in [-0.3, -0.25) is 14.5 Å². The number of amides is 1. The number of rotatable bonds is 5. The molecule has 1 aliphatic rings. The highest BCUT2D eigenvalue weighted by atomic mass is 16.6. The molecule has 1 aliphatic heterocycles. The summed E-state index contributed by atoms with van der Waals surface area (Å²) in [5.41, 5.74) is 3.46. The van der Waals surface area contributed by atoms with Gasteiger partial charge in [-0.05, 0) is 18.4 Å². The van der Waals surface area contributed by atoms with Gasteiger partial charge in [-0.2, -0.15) is 0 Å². The molecule has 1 aromatic rings. The molecule has 2 rings (SSSR count). The Morgan fingerprint density at radius 1 is 1.32 bits per heavy atom. The molecule has 0 aliphatic carbocycles. The average Bonchev–Trinajstić information content (AvgIpc) is 2.43. The second kappa shape index (κ2) is 7.23. The Kier molecular flexibility index (Phi) is 5.32. The Morgan fingerprint density at radius 2 is 2.00 bits per heavy atom. The second-order valence-corrected chi connectivity index (χ2v) is 4.81. The van der Waals surface area contributed by atoms with Crippen molar-refractivity contribution < 1.29 is 14.7 Å². The molecule has 1 aromatic carbocycles. The predicted octanol–water partition coefficient (Wildman–Crippen LogP) is 0.691. The molecule has 5 heteroatoms. The maximum atomic E-state index is 11.6. The highest BCUT2D eigenvalue weighted by Crippen LogP contribution is 2.08. The fourth-order valence-electron chi connectivity index (χ4n) is 2.09. The number of likely N-dealkylation sites (tertiary alicyclic amines) is 1. The quantitative estimate of drug-likeness (QED) is 0.768. The highest BCUT2D eigenvalue weighted by molar-refractivity contribution is 5.76. The number of carbonyl (C=O) groups excluding carboxylic acids is 1. The van der Waals surface area contributed by atoms with E-state index in [4.69, 9.17) is 4.84 Å². The van der Waals surface area contributed by atoms with Gasteiger partial charge < -0.3 is 5.11 Å². The van der Waals surface area contributed by atoms with E-state index in [1.807, 2.05) is 35.2 Å². The largest absolute Gasteiger partial charge is 0.393 e. The van der Waals surface area contributed by atoms with Crippen molar-refractivity contribution >= 4 is 5.91 Å². The van der Waals surface area contributed by atoms with Crippen LogP contribution in [0, 0.1) is 0 Å². The minimum Gasteiger partial charge on any atom is -0.393 e. The molecule has 5 nitrogen and oxygen atoms in total. The third-order valence-corrected chi connectivity index (χ3v) is 3.19. The van der Waals surface area contributed by atoms with Gasteiger partial charge in [0.1, 0.15) is 0 Å². The summed E-state index contributed by atoms with van der Waals surface area (Å²) in [7, 11) is 0. The molecule has 104 valence electrons. The first-order chi connectivity index (χ1) is 9.24. The summed E-state index contributed by atoms with van der Waals surface area (Å²) in [6.45, 7) is 2.20. The zero-order valence-electron chi connectivity index (χ0n) is 10.9. The van der Waals surface area contributed by atoms with Gasteiger partial charge in [0.25, 0.3) is 5.91 Å². The fraction of sp³-hybridized carbons (Fsp3) is 0.500. The van der Waals surface area contributed by atoms with E-state index in [1.54, 1.807) is 0 Å². The molecule has 1 heterocycles. The molecule has 1 saturated heterocycles. The van der Waals surface area contributed by atoms with Crippen molar-refractivity contribution in [3.05, 3.63) is 35.9 Å². The predicted molar refractivity (Wildman–Crippen MR) is 71.1 cm³/mol. The zero-order chi connectivity index (χ0) is 13.5. The molecule has 0 aromatic heterocycles. The van der Waals surface area contributed by atoms with Crippen LogP contribution >= 0.6 is 0 Å². The average molecular weight is 264 g/mol.